The smallest absolute Gasteiger partial charge is 0.245 e. The molecule has 2 rings (SSSR count). The quantitative estimate of drug-likeness (QED) is 0.897. The number of carbonyl (C=O) groups is 2. The Bertz CT molecular complexity index is 547. The summed E-state index contributed by atoms with van der Waals surface area (Å²) >= 11 is 0. The number of carbonyl (C=O) groups excluding carboxylic acids is 2. The van der Waals surface area contributed by atoms with Crippen molar-refractivity contribution in [3.63, 3.8) is 0 Å². The maximum Gasteiger partial charge on any atom is 0.245 e. The van der Waals surface area contributed by atoms with Gasteiger partial charge in [-0.05, 0) is 33.0 Å². The van der Waals surface area contributed by atoms with Crippen LogP contribution in [0.25, 0.3) is 0 Å². The molecule has 0 aromatic heterocycles. The number of hydrogen-bond acceptors (Lipinski definition) is 3. The molecular formula is C15H20FN3O2. The molecule has 1 aliphatic rings. The first-order chi connectivity index (χ1) is 9.93. The average Bonchev–Trinajstić information content (AvgIpc) is 2.90. The lowest BCUT2D eigenvalue weighted by molar-refractivity contribution is -0.141. The fourth-order valence-electron chi connectivity index (χ4n) is 2.81. The maximum atomic E-state index is 14.0. The molecule has 21 heavy (non-hydrogen) atoms. The number of hydrogen-bond donors (Lipinski definition) is 1. The molecule has 114 valence electrons. The molecule has 2 atom stereocenters. The first-order valence-corrected chi connectivity index (χ1v) is 6.94. The second-order valence-corrected chi connectivity index (χ2v) is 5.48. The van der Waals surface area contributed by atoms with Gasteiger partial charge >= 0.3 is 0 Å². The summed E-state index contributed by atoms with van der Waals surface area (Å²) in [6.45, 7) is 0.477. The summed E-state index contributed by atoms with van der Waals surface area (Å²) in [6.07, 6.45) is 1.30. The molecule has 2 N–H and O–H groups in total. The zero-order chi connectivity index (χ0) is 15.6. The van der Waals surface area contributed by atoms with Crippen LogP contribution >= 0.6 is 0 Å². The van der Waals surface area contributed by atoms with Gasteiger partial charge in [0.05, 0.1) is 0 Å². The Morgan fingerprint density at radius 3 is 2.62 bits per heavy atom. The lowest BCUT2D eigenvalue weighted by Gasteiger charge is -2.31. The monoisotopic (exact) mass is 293 g/mol. The van der Waals surface area contributed by atoms with Gasteiger partial charge in [-0.25, -0.2) is 4.39 Å². The molecule has 0 radical (unpaired) electrons. The van der Waals surface area contributed by atoms with Crippen LogP contribution in [0.5, 0.6) is 0 Å². The van der Waals surface area contributed by atoms with Gasteiger partial charge in [0.25, 0.3) is 0 Å². The van der Waals surface area contributed by atoms with E-state index in [1.807, 2.05) is 0 Å². The van der Waals surface area contributed by atoms with E-state index in [-0.39, 0.29) is 5.91 Å². The predicted molar refractivity (Wildman–Crippen MR) is 76.8 cm³/mol. The normalized spacial score (nSPS) is 19.8. The maximum absolute atomic E-state index is 14.0. The summed E-state index contributed by atoms with van der Waals surface area (Å²) in [4.78, 5) is 27.3. The lowest BCUT2D eigenvalue weighted by Crippen LogP contribution is -2.48. The van der Waals surface area contributed by atoms with Crippen molar-refractivity contribution in [3.05, 3.63) is 35.6 Å². The zero-order valence-electron chi connectivity index (χ0n) is 12.3. The number of nitrogens with zero attached hydrogens (tertiary/aromatic N) is 2. The highest BCUT2D eigenvalue weighted by Gasteiger charge is 2.38. The van der Waals surface area contributed by atoms with Crippen molar-refractivity contribution in [1.82, 2.24) is 9.80 Å². The fraction of sp³-hybridized carbons (Fsp3) is 0.467. The van der Waals surface area contributed by atoms with E-state index in [9.17, 15) is 14.0 Å². The van der Waals surface area contributed by atoms with Gasteiger partial charge in [0.2, 0.25) is 11.8 Å². The predicted octanol–water partition coefficient (Wildman–Crippen LogP) is 0.905. The summed E-state index contributed by atoms with van der Waals surface area (Å²) in [5.41, 5.74) is 5.66. The molecule has 0 spiro atoms. The van der Waals surface area contributed by atoms with Crippen LogP contribution in [0, 0.1) is 5.82 Å². The Hall–Kier alpha value is -1.95. The van der Waals surface area contributed by atoms with Crippen LogP contribution in [0.15, 0.2) is 24.3 Å². The van der Waals surface area contributed by atoms with Gasteiger partial charge in [-0.1, -0.05) is 18.2 Å². The first-order valence-electron chi connectivity index (χ1n) is 6.94. The molecule has 1 heterocycles. The molecular weight excluding hydrogens is 273 g/mol. The van der Waals surface area contributed by atoms with Gasteiger partial charge in [-0.15, -0.1) is 0 Å². The number of likely N-dealkylation sites (N-methyl/N-ethyl adjacent to an activating group) is 1. The van der Waals surface area contributed by atoms with Crippen LogP contribution in [0.1, 0.15) is 24.4 Å². The molecule has 1 aliphatic heterocycles. The van der Waals surface area contributed by atoms with Gasteiger partial charge in [0, 0.05) is 12.1 Å². The first kappa shape index (κ1) is 15.4. The van der Waals surface area contributed by atoms with Crippen molar-refractivity contribution in [2.75, 3.05) is 20.6 Å². The van der Waals surface area contributed by atoms with E-state index in [0.29, 0.717) is 18.5 Å². The number of nitrogens with two attached hydrogens (primary N) is 1. The largest absolute Gasteiger partial charge is 0.368 e. The molecule has 1 fully saturated rings. The summed E-state index contributed by atoms with van der Waals surface area (Å²) in [5, 5.41) is 0. The van der Waals surface area contributed by atoms with Crippen LogP contribution < -0.4 is 5.73 Å². The molecule has 6 heteroatoms. The Kier molecular flexibility index (Phi) is 4.57. The van der Waals surface area contributed by atoms with Gasteiger partial charge in [-0.2, -0.15) is 0 Å². The third-order valence-corrected chi connectivity index (χ3v) is 3.81. The van der Waals surface area contributed by atoms with Crippen molar-refractivity contribution in [2.24, 2.45) is 5.73 Å². The van der Waals surface area contributed by atoms with E-state index >= 15 is 0 Å². The Balaban J connectivity index is 2.33. The van der Waals surface area contributed by atoms with E-state index in [0.717, 1.165) is 6.42 Å². The number of rotatable bonds is 4. The van der Waals surface area contributed by atoms with Crippen molar-refractivity contribution >= 4 is 11.8 Å². The fourth-order valence-corrected chi connectivity index (χ4v) is 2.81. The highest BCUT2D eigenvalue weighted by molar-refractivity contribution is 5.90. The standard InChI is InChI=1S/C15H20FN3O2/c1-18(2)13(10-6-3-4-7-11(10)16)15(21)19-9-5-8-12(19)14(17)20/h3-4,6-7,12-13H,5,8-9H2,1-2H3,(H2,17,20). The highest BCUT2D eigenvalue weighted by Crippen LogP contribution is 2.27. The molecule has 1 aromatic carbocycles. The second kappa shape index (κ2) is 6.22. The number of benzene rings is 1. The molecule has 0 bridgehead atoms. The van der Waals surface area contributed by atoms with Crippen LogP contribution in [0.4, 0.5) is 4.39 Å². The summed E-state index contributed by atoms with van der Waals surface area (Å²) < 4.78 is 14.0. The molecule has 5 nitrogen and oxygen atoms in total. The number of amides is 2. The van der Waals surface area contributed by atoms with E-state index in [1.165, 1.54) is 11.0 Å². The number of primary amides is 1. The minimum atomic E-state index is -0.758. The van der Waals surface area contributed by atoms with Crippen LogP contribution in [-0.2, 0) is 9.59 Å². The Morgan fingerprint density at radius 2 is 2.05 bits per heavy atom. The molecule has 1 saturated heterocycles. The average molecular weight is 293 g/mol. The van der Waals surface area contributed by atoms with Crippen molar-refractivity contribution in [2.45, 2.75) is 24.9 Å². The molecule has 2 amide bonds. The van der Waals surface area contributed by atoms with Crippen molar-refractivity contribution in [3.8, 4) is 0 Å². The van der Waals surface area contributed by atoms with Gasteiger partial charge in [-0.3, -0.25) is 14.5 Å². The Morgan fingerprint density at radius 1 is 1.38 bits per heavy atom. The van der Waals surface area contributed by atoms with Crippen LogP contribution in [0.2, 0.25) is 0 Å². The lowest BCUT2D eigenvalue weighted by atomic mass is 10.0. The van der Waals surface area contributed by atoms with Crippen molar-refractivity contribution in [1.29, 1.82) is 0 Å². The number of likely N-dealkylation sites (tertiary alicyclic amines) is 1. The minimum Gasteiger partial charge on any atom is -0.368 e. The van der Waals surface area contributed by atoms with Crippen LogP contribution in [-0.4, -0.2) is 48.3 Å². The summed E-state index contributed by atoms with van der Waals surface area (Å²) in [6, 6.07) is 4.84. The molecule has 1 aromatic rings. The van der Waals surface area contributed by atoms with E-state index in [2.05, 4.69) is 0 Å². The van der Waals surface area contributed by atoms with Crippen LogP contribution in [0.3, 0.4) is 0 Å². The molecule has 0 aliphatic carbocycles. The van der Waals surface area contributed by atoms with Gasteiger partial charge in [0.15, 0.2) is 0 Å². The third-order valence-electron chi connectivity index (χ3n) is 3.81. The van der Waals surface area contributed by atoms with Gasteiger partial charge < -0.3 is 10.6 Å². The SMILES string of the molecule is CN(C)C(C(=O)N1CCCC1C(N)=O)c1ccccc1F. The van der Waals surface area contributed by atoms with Gasteiger partial charge in [0.1, 0.15) is 17.9 Å². The minimum absolute atomic E-state index is 0.286. The summed E-state index contributed by atoms with van der Waals surface area (Å²) in [5.74, 6) is -1.22. The van der Waals surface area contributed by atoms with E-state index in [1.54, 1.807) is 37.2 Å². The topological polar surface area (TPSA) is 66.6 Å². The van der Waals surface area contributed by atoms with Crippen molar-refractivity contribution < 1.29 is 14.0 Å². The molecule has 2 unspecified atom stereocenters. The zero-order valence-corrected chi connectivity index (χ0v) is 12.3. The Labute approximate surface area is 123 Å². The highest BCUT2D eigenvalue weighted by atomic mass is 19.1. The van der Waals surface area contributed by atoms with E-state index < -0.39 is 23.8 Å². The van der Waals surface area contributed by atoms with E-state index in [4.69, 9.17) is 5.73 Å². The summed E-state index contributed by atoms with van der Waals surface area (Å²) in [7, 11) is 3.43. The second-order valence-electron chi connectivity index (χ2n) is 5.48. The molecule has 0 saturated carbocycles. The number of halogens is 1. The third kappa shape index (κ3) is 3.05.